The summed E-state index contributed by atoms with van der Waals surface area (Å²) in [5, 5.41) is 1.12. The predicted molar refractivity (Wildman–Crippen MR) is 105 cm³/mol. The Kier molecular flexibility index (Phi) is 3.96. The van der Waals surface area contributed by atoms with E-state index >= 15 is 0 Å². The van der Waals surface area contributed by atoms with Crippen LogP contribution in [-0.2, 0) is 22.5 Å². The average Bonchev–Trinajstić information content (AvgIpc) is 3.06. The molecular formula is C19H22N4O3S. The number of hydrogen-bond acceptors (Lipinski definition) is 8. The van der Waals surface area contributed by atoms with Gasteiger partial charge in [-0.2, -0.15) is 0 Å². The molecule has 2 aliphatic rings. The molecule has 0 radical (unpaired) electrons. The van der Waals surface area contributed by atoms with E-state index in [4.69, 9.17) is 19.2 Å². The molecule has 5 heterocycles. The van der Waals surface area contributed by atoms with Crippen LogP contribution >= 0.6 is 11.3 Å². The molecule has 0 N–H and O–H groups in total. The van der Waals surface area contributed by atoms with Gasteiger partial charge in [0.1, 0.15) is 21.7 Å². The van der Waals surface area contributed by atoms with Crippen molar-refractivity contribution in [3.63, 3.8) is 0 Å². The van der Waals surface area contributed by atoms with Crippen molar-refractivity contribution in [1.82, 2.24) is 15.0 Å². The smallest absolute Gasteiger partial charge is 0.234 e. The minimum Gasteiger partial charge on any atom is -0.480 e. The Balaban J connectivity index is 1.81. The van der Waals surface area contributed by atoms with Gasteiger partial charge in [0.05, 0.1) is 38.0 Å². The first-order valence-corrected chi connectivity index (χ1v) is 9.98. The van der Waals surface area contributed by atoms with Crippen molar-refractivity contribution < 1.29 is 14.2 Å². The van der Waals surface area contributed by atoms with Crippen LogP contribution in [0.4, 0.5) is 5.82 Å². The highest BCUT2D eigenvalue weighted by molar-refractivity contribution is 7.25. The van der Waals surface area contributed by atoms with Crippen molar-refractivity contribution >= 4 is 37.6 Å². The largest absolute Gasteiger partial charge is 0.480 e. The van der Waals surface area contributed by atoms with Crippen molar-refractivity contribution in [3.05, 3.63) is 17.5 Å². The first-order valence-electron chi connectivity index (χ1n) is 9.17. The molecule has 1 saturated heterocycles. The summed E-state index contributed by atoms with van der Waals surface area (Å²) in [5.41, 5.74) is 3.19. The van der Waals surface area contributed by atoms with Crippen LogP contribution in [0.2, 0.25) is 0 Å². The number of methoxy groups -OCH3 is 1. The maximum atomic E-state index is 6.15. The second-order valence-corrected chi connectivity index (χ2v) is 8.56. The Hall–Kier alpha value is -2.03. The summed E-state index contributed by atoms with van der Waals surface area (Å²) in [6, 6.07) is 0. The maximum Gasteiger partial charge on any atom is 0.234 e. The summed E-state index contributed by atoms with van der Waals surface area (Å²) < 4.78 is 18.1. The first kappa shape index (κ1) is 17.1. The van der Waals surface area contributed by atoms with Crippen molar-refractivity contribution in [2.45, 2.75) is 32.5 Å². The van der Waals surface area contributed by atoms with E-state index in [-0.39, 0.29) is 5.60 Å². The van der Waals surface area contributed by atoms with Gasteiger partial charge in [-0.1, -0.05) is 0 Å². The van der Waals surface area contributed by atoms with Gasteiger partial charge in [0.25, 0.3) is 0 Å². The summed E-state index contributed by atoms with van der Waals surface area (Å²) in [7, 11) is 1.64. The summed E-state index contributed by atoms with van der Waals surface area (Å²) in [4.78, 5) is 17.2. The van der Waals surface area contributed by atoms with Crippen LogP contribution in [-0.4, -0.2) is 54.0 Å². The Morgan fingerprint density at radius 2 is 2.00 bits per heavy atom. The molecule has 7 nitrogen and oxygen atoms in total. The highest BCUT2D eigenvalue weighted by Crippen LogP contribution is 2.44. The fourth-order valence-corrected chi connectivity index (χ4v) is 5.07. The third-order valence-corrected chi connectivity index (χ3v) is 6.34. The number of rotatable bonds is 2. The molecule has 0 bridgehead atoms. The molecule has 0 amide bonds. The molecular weight excluding hydrogens is 364 g/mol. The average molecular weight is 386 g/mol. The number of aromatic nitrogens is 3. The van der Waals surface area contributed by atoms with E-state index in [0.29, 0.717) is 12.5 Å². The Morgan fingerprint density at radius 1 is 1.19 bits per heavy atom. The minimum absolute atomic E-state index is 0.213. The molecule has 27 heavy (non-hydrogen) atoms. The van der Waals surface area contributed by atoms with Gasteiger partial charge in [0.15, 0.2) is 0 Å². The second-order valence-electron chi connectivity index (χ2n) is 7.56. The van der Waals surface area contributed by atoms with E-state index in [0.717, 1.165) is 59.0 Å². The van der Waals surface area contributed by atoms with Gasteiger partial charge in [0.2, 0.25) is 5.88 Å². The van der Waals surface area contributed by atoms with Crippen LogP contribution in [0, 0.1) is 0 Å². The maximum absolute atomic E-state index is 6.15. The van der Waals surface area contributed by atoms with Gasteiger partial charge in [-0.3, -0.25) is 0 Å². The molecule has 0 aromatic carbocycles. The molecule has 0 saturated carbocycles. The van der Waals surface area contributed by atoms with E-state index in [1.807, 2.05) is 0 Å². The second kappa shape index (κ2) is 6.25. The van der Waals surface area contributed by atoms with Crippen LogP contribution in [0.5, 0.6) is 5.88 Å². The molecule has 2 aliphatic heterocycles. The summed E-state index contributed by atoms with van der Waals surface area (Å²) in [6.07, 6.45) is 2.40. The Labute approximate surface area is 161 Å². The molecule has 142 valence electrons. The SMILES string of the molecule is COc1ncnc2c1sc1nc(N3CCOCC3)c3c(c12)CC(C)(C)OC3. The van der Waals surface area contributed by atoms with E-state index < -0.39 is 0 Å². The van der Waals surface area contributed by atoms with Crippen molar-refractivity contribution in [1.29, 1.82) is 0 Å². The molecule has 0 spiro atoms. The molecule has 3 aromatic heterocycles. The summed E-state index contributed by atoms with van der Waals surface area (Å²) in [6.45, 7) is 8.00. The fraction of sp³-hybridized carbons (Fsp3) is 0.526. The van der Waals surface area contributed by atoms with Crippen LogP contribution in [0.25, 0.3) is 20.4 Å². The monoisotopic (exact) mass is 386 g/mol. The normalized spacial score (nSPS) is 19.4. The van der Waals surface area contributed by atoms with Crippen molar-refractivity contribution in [2.75, 3.05) is 38.3 Å². The highest BCUT2D eigenvalue weighted by Gasteiger charge is 2.33. The number of fused-ring (bicyclic) bond motifs is 5. The minimum atomic E-state index is -0.213. The van der Waals surface area contributed by atoms with Gasteiger partial charge < -0.3 is 19.1 Å². The van der Waals surface area contributed by atoms with Crippen LogP contribution in [0.15, 0.2) is 6.33 Å². The lowest BCUT2D eigenvalue weighted by Crippen LogP contribution is -2.39. The zero-order chi connectivity index (χ0) is 18.6. The van der Waals surface area contributed by atoms with Gasteiger partial charge in [-0.15, -0.1) is 11.3 Å². The number of morpholine rings is 1. The van der Waals surface area contributed by atoms with Gasteiger partial charge in [-0.05, 0) is 19.4 Å². The standard InChI is InChI=1S/C19H22N4O3S/c1-19(2)8-11-12(9-26-19)16(23-4-6-25-7-5-23)22-18-13(11)14-15(27-18)17(24-3)21-10-20-14/h10H,4-9H2,1-3H3. The van der Waals surface area contributed by atoms with Gasteiger partial charge in [-0.25, -0.2) is 15.0 Å². The van der Waals surface area contributed by atoms with E-state index in [1.54, 1.807) is 24.8 Å². The quantitative estimate of drug-likeness (QED) is 0.671. The lowest BCUT2D eigenvalue weighted by atomic mass is 9.90. The van der Waals surface area contributed by atoms with E-state index in [9.17, 15) is 0 Å². The van der Waals surface area contributed by atoms with Crippen LogP contribution in [0.3, 0.4) is 0 Å². The van der Waals surface area contributed by atoms with Gasteiger partial charge in [0, 0.05) is 30.5 Å². The number of ether oxygens (including phenoxy) is 3. The van der Waals surface area contributed by atoms with E-state index in [1.165, 1.54) is 11.1 Å². The number of pyridine rings is 1. The highest BCUT2D eigenvalue weighted by atomic mass is 32.1. The number of anilines is 1. The molecule has 0 unspecified atom stereocenters. The molecule has 0 atom stereocenters. The van der Waals surface area contributed by atoms with Crippen molar-refractivity contribution in [3.8, 4) is 5.88 Å². The first-order chi connectivity index (χ1) is 13.1. The number of hydrogen-bond donors (Lipinski definition) is 0. The van der Waals surface area contributed by atoms with E-state index in [2.05, 4.69) is 28.7 Å². The third-order valence-electron chi connectivity index (χ3n) is 5.28. The number of thiophene rings is 1. The molecule has 3 aromatic rings. The van der Waals surface area contributed by atoms with Gasteiger partial charge >= 0.3 is 0 Å². The predicted octanol–water partition coefficient (Wildman–Crippen LogP) is 2.94. The topological polar surface area (TPSA) is 69.6 Å². The molecule has 5 rings (SSSR count). The Bertz CT molecular complexity index is 1030. The van der Waals surface area contributed by atoms with Crippen molar-refractivity contribution in [2.24, 2.45) is 0 Å². The van der Waals surface area contributed by atoms with Crippen LogP contribution < -0.4 is 9.64 Å². The third kappa shape index (κ3) is 2.74. The lowest BCUT2D eigenvalue weighted by Gasteiger charge is -2.36. The molecule has 8 heteroatoms. The number of nitrogens with zero attached hydrogens (tertiary/aromatic N) is 4. The summed E-state index contributed by atoms with van der Waals surface area (Å²) in [5.74, 6) is 1.63. The molecule has 0 aliphatic carbocycles. The lowest BCUT2D eigenvalue weighted by molar-refractivity contribution is -0.0396. The van der Waals surface area contributed by atoms with Crippen LogP contribution in [0.1, 0.15) is 25.0 Å². The zero-order valence-electron chi connectivity index (χ0n) is 15.7. The Morgan fingerprint density at radius 3 is 2.78 bits per heavy atom. The molecule has 1 fully saturated rings. The fourth-order valence-electron chi connectivity index (χ4n) is 3.95. The summed E-state index contributed by atoms with van der Waals surface area (Å²) >= 11 is 1.60. The zero-order valence-corrected chi connectivity index (χ0v) is 16.6.